The number of aromatic nitrogens is 1. The topological polar surface area (TPSA) is 97.8 Å². The summed E-state index contributed by atoms with van der Waals surface area (Å²) >= 11 is 1.19. The molecule has 25 heavy (non-hydrogen) atoms. The molecule has 0 aliphatic heterocycles. The van der Waals surface area contributed by atoms with E-state index < -0.39 is 23.8 Å². The van der Waals surface area contributed by atoms with E-state index in [2.05, 4.69) is 10.3 Å². The van der Waals surface area contributed by atoms with Crippen molar-refractivity contribution in [3.8, 4) is 0 Å². The van der Waals surface area contributed by atoms with E-state index in [0.29, 0.717) is 5.01 Å². The molecule has 0 aromatic carbocycles. The van der Waals surface area contributed by atoms with E-state index in [0.717, 1.165) is 0 Å². The van der Waals surface area contributed by atoms with Crippen LogP contribution in [0.5, 0.6) is 0 Å². The van der Waals surface area contributed by atoms with Gasteiger partial charge in [0.2, 0.25) is 0 Å². The molecular weight excluding hydrogens is 344 g/mol. The van der Waals surface area contributed by atoms with Crippen molar-refractivity contribution in [3.63, 3.8) is 0 Å². The summed E-state index contributed by atoms with van der Waals surface area (Å²) in [6, 6.07) is -0.292. The van der Waals surface area contributed by atoms with Gasteiger partial charge in [0.05, 0.1) is 6.61 Å². The number of nitrogens with one attached hydrogen (secondary N) is 1. The predicted octanol–water partition coefficient (Wildman–Crippen LogP) is 3.29. The summed E-state index contributed by atoms with van der Waals surface area (Å²) in [6.07, 6.45) is -1.15. The van der Waals surface area contributed by atoms with Gasteiger partial charge >= 0.3 is 12.1 Å². The third-order valence-electron chi connectivity index (χ3n) is 3.28. The van der Waals surface area contributed by atoms with Gasteiger partial charge in [0.1, 0.15) is 16.7 Å². The molecule has 1 aromatic rings. The summed E-state index contributed by atoms with van der Waals surface area (Å²) in [4.78, 5) is 27.8. The van der Waals surface area contributed by atoms with Gasteiger partial charge in [-0.05, 0) is 33.6 Å². The maximum atomic E-state index is 12.0. The van der Waals surface area contributed by atoms with Crippen LogP contribution in [0, 0.1) is 5.92 Å². The highest BCUT2D eigenvalue weighted by atomic mass is 32.1. The van der Waals surface area contributed by atoms with E-state index in [1.807, 2.05) is 13.8 Å². The lowest BCUT2D eigenvalue weighted by molar-refractivity contribution is 0.0461. The highest BCUT2D eigenvalue weighted by molar-refractivity contribution is 7.09. The Balaban J connectivity index is 2.72. The summed E-state index contributed by atoms with van der Waals surface area (Å²) in [6.45, 7) is 11.2. The maximum absolute atomic E-state index is 12.0. The summed E-state index contributed by atoms with van der Waals surface area (Å²) in [7, 11) is 0. The average Bonchev–Trinajstić information content (AvgIpc) is 2.94. The molecule has 142 valence electrons. The number of aliphatic hydroxyl groups excluding tert-OH is 1. The van der Waals surface area contributed by atoms with Crippen LogP contribution in [0.1, 0.15) is 69.6 Å². The number of hydrogen-bond donors (Lipinski definition) is 2. The Hall–Kier alpha value is -1.67. The molecule has 2 atom stereocenters. The molecule has 0 bridgehead atoms. The molecule has 1 amide bonds. The van der Waals surface area contributed by atoms with Gasteiger partial charge in [-0.3, -0.25) is 0 Å². The highest BCUT2D eigenvalue weighted by Gasteiger charge is 2.26. The number of carbonyl (C=O) groups excluding carboxylic acids is 2. The number of amides is 1. The fourth-order valence-corrected chi connectivity index (χ4v) is 2.82. The van der Waals surface area contributed by atoms with E-state index >= 15 is 0 Å². The molecule has 0 spiro atoms. The Morgan fingerprint density at radius 2 is 2.00 bits per heavy atom. The first kappa shape index (κ1) is 21.4. The van der Waals surface area contributed by atoms with Crippen LogP contribution in [-0.2, 0) is 9.47 Å². The first-order chi connectivity index (χ1) is 11.5. The molecule has 0 aliphatic rings. The lowest BCUT2D eigenvalue weighted by Gasteiger charge is -2.26. The molecule has 0 aliphatic carbocycles. The van der Waals surface area contributed by atoms with Crippen molar-refractivity contribution < 1.29 is 24.2 Å². The molecule has 0 fully saturated rings. The minimum absolute atomic E-state index is 0.0895. The lowest BCUT2D eigenvalue weighted by atomic mass is 9.98. The Kier molecular flexibility index (Phi) is 7.82. The van der Waals surface area contributed by atoms with Crippen molar-refractivity contribution in [2.45, 2.75) is 65.7 Å². The van der Waals surface area contributed by atoms with Crippen LogP contribution >= 0.6 is 11.3 Å². The number of alkyl carbamates (subject to hydrolysis) is 1. The Bertz CT molecular complexity index is 580. The number of rotatable bonds is 7. The minimum atomic E-state index is -0.893. The maximum Gasteiger partial charge on any atom is 0.407 e. The van der Waals surface area contributed by atoms with E-state index in [-0.39, 0.29) is 30.7 Å². The minimum Gasteiger partial charge on any atom is -0.461 e. The number of ether oxygens (including phenoxy) is 2. The van der Waals surface area contributed by atoms with E-state index in [4.69, 9.17) is 9.47 Å². The van der Waals surface area contributed by atoms with Crippen LogP contribution in [0.2, 0.25) is 0 Å². The zero-order chi connectivity index (χ0) is 19.2. The molecule has 1 heterocycles. The van der Waals surface area contributed by atoms with Crippen molar-refractivity contribution in [3.05, 3.63) is 16.1 Å². The largest absolute Gasteiger partial charge is 0.461 e. The van der Waals surface area contributed by atoms with Crippen LogP contribution in [0.15, 0.2) is 5.38 Å². The second kappa shape index (κ2) is 9.15. The number of hydrogen-bond acceptors (Lipinski definition) is 7. The van der Waals surface area contributed by atoms with Crippen molar-refractivity contribution >= 4 is 23.4 Å². The van der Waals surface area contributed by atoms with Gasteiger partial charge in [-0.1, -0.05) is 13.8 Å². The van der Waals surface area contributed by atoms with E-state index in [1.54, 1.807) is 33.1 Å². The summed E-state index contributed by atoms with van der Waals surface area (Å²) in [5, 5.41) is 15.2. The van der Waals surface area contributed by atoms with E-state index in [9.17, 15) is 14.7 Å². The second-order valence-corrected chi connectivity index (χ2v) is 7.93. The van der Waals surface area contributed by atoms with Crippen molar-refractivity contribution in [1.82, 2.24) is 10.3 Å². The molecule has 0 saturated heterocycles. The monoisotopic (exact) mass is 372 g/mol. The van der Waals surface area contributed by atoms with Crippen LogP contribution in [-0.4, -0.2) is 40.4 Å². The molecular formula is C17H28N2O5S. The third kappa shape index (κ3) is 7.39. The standard InChI is InChI=1S/C17H28N2O5S/c1-7-23-15(21)12-9-25-14(18-12)13(20)8-11(10(2)3)19-16(22)24-17(4,5)6/h9-11,13,20H,7-8H2,1-6H3,(H,19,22)/t11-,13-/m0/s1. The van der Waals surface area contributed by atoms with Crippen molar-refractivity contribution in [1.29, 1.82) is 0 Å². The van der Waals surface area contributed by atoms with Gasteiger partial charge in [-0.15, -0.1) is 11.3 Å². The predicted molar refractivity (Wildman–Crippen MR) is 95.6 cm³/mol. The zero-order valence-electron chi connectivity index (χ0n) is 15.7. The summed E-state index contributed by atoms with van der Waals surface area (Å²) < 4.78 is 10.2. The number of nitrogens with zero attached hydrogens (tertiary/aromatic N) is 1. The van der Waals surface area contributed by atoms with Crippen molar-refractivity contribution in [2.24, 2.45) is 5.92 Å². The van der Waals surface area contributed by atoms with Gasteiger partial charge in [0.25, 0.3) is 0 Å². The first-order valence-corrected chi connectivity index (χ1v) is 9.21. The molecule has 1 aromatic heterocycles. The molecule has 7 nitrogen and oxygen atoms in total. The SMILES string of the molecule is CCOC(=O)c1csc([C@@H](O)C[C@H](NC(=O)OC(C)(C)C)C(C)C)n1. The van der Waals surface area contributed by atoms with Gasteiger partial charge in [0, 0.05) is 17.8 Å². The molecule has 2 N–H and O–H groups in total. The van der Waals surface area contributed by atoms with Crippen molar-refractivity contribution in [2.75, 3.05) is 6.61 Å². The number of esters is 1. The average molecular weight is 372 g/mol. The molecule has 0 radical (unpaired) electrons. The zero-order valence-corrected chi connectivity index (χ0v) is 16.5. The quantitative estimate of drug-likeness (QED) is 0.713. The fourth-order valence-electron chi connectivity index (χ4n) is 2.04. The van der Waals surface area contributed by atoms with Crippen LogP contribution < -0.4 is 5.32 Å². The molecule has 0 saturated carbocycles. The van der Waals surface area contributed by atoms with Crippen LogP contribution in [0.25, 0.3) is 0 Å². The Morgan fingerprint density at radius 1 is 1.36 bits per heavy atom. The summed E-state index contributed by atoms with van der Waals surface area (Å²) in [5.74, 6) is -0.420. The summed E-state index contributed by atoms with van der Waals surface area (Å²) in [5.41, 5.74) is -0.407. The van der Waals surface area contributed by atoms with Gasteiger partial charge < -0.3 is 19.9 Å². The van der Waals surface area contributed by atoms with Gasteiger partial charge in [0.15, 0.2) is 5.69 Å². The number of thiazole rings is 1. The smallest absolute Gasteiger partial charge is 0.407 e. The fraction of sp³-hybridized carbons (Fsp3) is 0.706. The highest BCUT2D eigenvalue weighted by Crippen LogP contribution is 2.25. The normalized spacial score (nSPS) is 14.1. The Labute approximate surface area is 152 Å². The van der Waals surface area contributed by atoms with Gasteiger partial charge in [-0.25, -0.2) is 14.6 Å². The number of carbonyl (C=O) groups is 2. The third-order valence-corrected chi connectivity index (χ3v) is 4.22. The van der Waals surface area contributed by atoms with E-state index in [1.165, 1.54) is 11.3 Å². The van der Waals surface area contributed by atoms with Crippen LogP contribution in [0.3, 0.4) is 0 Å². The Morgan fingerprint density at radius 3 is 2.52 bits per heavy atom. The molecule has 8 heteroatoms. The van der Waals surface area contributed by atoms with Crippen LogP contribution in [0.4, 0.5) is 4.79 Å². The first-order valence-electron chi connectivity index (χ1n) is 8.33. The molecule has 1 rings (SSSR count). The second-order valence-electron chi connectivity index (χ2n) is 7.04. The lowest BCUT2D eigenvalue weighted by Crippen LogP contribution is -2.42. The van der Waals surface area contributed by atoms with Gasteiger partial charge in [-0.2, -0.15) is 0 Å². The number of aliphatic hydroxyl groups is 1. The molecule has 0 unspecified atom stereocenters.